The molecule has 0 radical (unpaired) electrons. The van der Waals surface area contributed by atoms with Gasteiger partial charge in [0.25, 0.3) is 0 Å². The molecule has 3 rings (SSSR count). The van der Waals surface area contributed by atoms with Gasteiger partial charge in [-0.3, -0.25) is 4.79 Å². The van der Waals surface area contributed by atoms with Crippen molar-refractivity contribution in [2.75, 3.05) is 7.11 Å². The molecule has 1 atom stereocenters. The fraction of sp³-hybridized carbons (Fsp3) is 0.350. The van der Waals surface area contributed by atoms with Gasteiger partial charge >= 0.3 is 0 Å². The average molecular weight is 325 g/mol. The van der Waals surface area contributed by atoms with Crippen LogP contribution in [0.2, 0.25) is 0 Å². The average Bonchev–Trinajstić information content (AvgIpc) is 2.59. The molecule has 4 nitrogen and oxygen atoms in total. The van der Waals surface area contributed by atoms with E-state index in [-0.39, 0.29) is 11.9 Å². The molecule has 0 fully saturated rings. The van der Waals surface area contributed by atoms with Crippen LogP contribution in [0.15, 0.2) is 42.5 Å². The van der Waals surface area contributed by atoms with Gasteiger partial charge in [-0.2, -0.15) is 0 Å². The molecule has 0 bridgehead atoms. The first-order chi connectivity index (χ1) is 11.6. The Morgan fingerprint density at radius 1 is 1.17 bits per heavy atom. The van der Waals surface area contributed by atoms with Gasteiger partial charge in [-0.25, -0.2) is 0 Å². The first kappa shape index (κ1) is 16.4. The van der Waals surface area contributed by atoms with Crippen molar-refractivity contribution in [1.82, 2.24) is 4.90 Å². The standard InChI is InChI=1S/C20H23NO3/c1-14-9-17-10-20(24-13-16-7-5-4-6-8-16)19(23-3)11-18(17)12-21(14)15(2)22/h4-8,10-11,14H,9,12-13H2,1-3H3. The smallest absolute Gasteiger partial charge is 0.219 e. The molecule has 126 valence electrons. The first-order valence-electron chi connectivity index (χ1n) is 8.22. The third-order valence-corrected chi connectivity index (χ3v) is 4.52. The Morgan fingerprint density at radius 3 is 2.54 bits per heavy atom. The lowest BCUT2D eigenvalue weighted by molar-refractivity contribution is -0.131. The minimum atomic E-state index is 0.108. The van der Waals surface area contributed by atoms with Crippen LogP contribution in [0, 0.1) is 0 Å². The highest BCUT2D eigenvalue weighted by molar-refractivity contribution is 5.74. The molecule has 2 aromatic rings. The van der Waals surface area contributed by atoms with Crippen LogP contribution in [-0.4, -0.2) is 24.0 Å². The Bertz CT molecular complexity index is 727. The molecule has 0 aliphatic carbocycles. The van der Waals surface area contributed by atoms with E-state index in [1.54, 1.807) is 14.0 Å². The number of hydrogen-bond acceptors (Lipinski definition) is 3. The predicted molar refractivity (Wildman–Crippen MR) is 93.2 cm³/mol. The molecule has 4 heteroatoms. The Balaban J connectivity index is 1.84. The molecule has 0 saturated carbocycles. The van der Waals surface area contributed by atoms with Crippen molar-refractivity contribution in [3.05, 3.63) is 59.2 Å². The number of amides is 1. The summed E-state index contributed by atoms with van der Waals surface area (Å²) in [7, 11) is 1.64. The van der Waals surface area contributed by atoms with Crippen LogP contribution in [0.25, 0.3) is 0 Å². The van der Waals surface area contributed by atoms with Crippen LogP contribution in [0.4, 0.5) is 0 Å². The molecule has 1 amide bonds. The summed E-state index contributed by atoms with van der Waals surface area (Å²) in [6.45, 7) is 4.83. The van der Waals surface area contributed by atoms with Crippen LogP contribution in [0.1, 0.15) is 30.5 Å². The monoisotopic (exact) mass is 325 g/mol. The second-order valence-corrected chi connectivity index (χ2v) is 6.25. The molecule has 1 aliphatic heterocycles. The summed E-state index contributed by atoms with van der Waals surface area (Å²) in [5.74, 6) is 1.57. The van der Waals surface area contributed by atoms with Crippen LogP contribution in [-0.2, 0) is 24.4 Å². The number of nitrogens with zero attached hydrogens (tertiary/aromatic N) is 1. The van der Waals surface area contributed by atoms with Crippen molar-refractivity contribution in [2.45, 2.75) is 39.5 Å². The maximum Gasteiger partial charge on any atom is 0.219 e. The zero-order valence-corrected chi connectivity index (χ0v) is 14.4. The highest BCUT2D eigenvalue weighted by Crippen LogP contribution is 2.35. The third-order valence-electron chi connectivity index (χ3n) is 4.52. The number of carbonyl (C=O) groups excluding carboxylic acids is 1. The van der Waals surface area contributed by atoms with Gasteiger partial charge in [0.15, 0.2) is 11.5 Å². The molecule has 1 aliphatic rings. The third kappa shape index (κ3) is 3.37. The number of ether oxygens (including phenoxy) is 2. The molecule has 0 saturated heterocycles. The largest absolute Gasteiger partial charge is 0.493 e. The lowest BCUT2D eigenvalue weighted by Gasteiger charge is -2.34. The summed E-state index contributed by atoms with van der Waals surface area (Å²) in [6, 6.07) is 14.3. The fourth-order valence-electron chi connectivity index (χ4n) is 3.18. The minimum Gasteiger partial charge on any atom is -0.493 e. The van der Waals surface area contributed by atoms with Crippen LogP contribution < -0.4 is 9.47 Å². The molecule has 24 heavy (non-hydrogen) atoms. The van der Waals surface area contributed by atoms with E-state index in [4.69, 9.17) is 9.47 Å². The van der Waals surface area contributed by atoms with Gasteiger partial charge in [0, 0.05) is 19.5 Å². The molecular weight excluding hydrogens is 302 g/mol. The molecule has 0 N–H and O–H groups in total. The zero-order chi connectivity index (χ0) is 17.1. The maximum atomic E-state index is 11.8. The summed E-state index contributed by atoms with van der Waals surface area (Å²) in [5.41, 5.74) is 3.48. The van der Waals surface area contributed by atoms with Crippen molar-refractivity contribution in [1.29, 1.82) is 0 Å². The highest BCUT2D eigenvalue weighted by atomic mass is 16.5. The molecule has 1 unspecified atom stereocenters. The Labute approximate surface area is 143 Å². The van der Waals surface area contributed by atoms with Gasteiger partial charge in [0.2, 0.25) is 5.91 Å². The summed E-state index contributed by atoms with van der Waals surface area (Å²) in [4.78, 5) is 13.7. The minimum absolute atomic E-state index is 0.108. The van der Waals surface area contributed by atoms with Crippen molar-refractivity contribution < 1.29 is 14.3 Å². The number of rotatable bonds is 4. The van der Waals surface area contributed by atoms with Gasteiger partial charge < -0.3 is 14.4 Å². The van der Waals surface area contributed by atoms with Crippen LogP contribution in [0.5, 0.6) is 11.5 Å². The quantitative estimate of drug-likeness (QED) is 0.862. The van der Waals surface area contributed by atoms with E-state index in [0.717, 1.165) is 23.3 Å². The van der Waals surface area contributed by atoms with E-state index in [0.29, 0.717) is 18.9 Å². The van der Waals surface area contributed by atoms with E-state index in [1.807, 2.05) is 41.3 Å². The van der Waals surface area contributed by atoms with E-state index in [9.17, 15) is 4.79 Å². The van der Waals surface area contributed by atoms with E-state index in [2.05, 4.69) is 13.0 Å². The van der Waals surface area contributed by atoms with Crippen LogP contribution in [0.3, 0.4) is 0 Å². The lowest BCUT2D eigenvalue weighted by atomic mass is 9.94. The number of methoxy groups -OCH3 is 1. The van der Waals surface area contributed by atoms with Crippen molar-refractivity contribution in [3.8, 4) is 11.5 Å². The SMILES string of the molecule is COc1cc2c(cc1OCc1ccccc1)CC(C)N(C(C)=O)C2. The van der Waals surface area contributed by atoms with Crippen molar-refractivity contribution >= 4 is 5.91 Å². The fourth-order valence-corrected chi connectivity index (χ4v) is 3.18. The molecular formula is C20H23NO3. The molecule has 2 aromatic carbocycles. The Kier molecular flexibility index (Phi) is 4.74. The van der Waals surface area contributed by atoms with E-state index < -0.39 is 0 Å². The topological polar surface area (TPSA) is 38.8 Å². The number of carbonyl (C=O) groups is 1. The Hall–Kier alpha value is -2.49. The predicted octanol–water partition coefficient (Wildman–Crippen LogP) is 3.57. The molecule has 1 heterocycles. The molecule has 0 spiro atoms. The van der Waals surface area contributed by atoms with Gasteiger partial charge in [0.05, 0.1) is 7.11 Å². The normalized spacial score (nSPS) is 16.5. The van der Waals surface area contributed by atoms with E-state index >= 15 is 0 Å². The van der Waals surface area contributed by atoms with Gasteiger partial charge in [-0.1, -0.05) is 30.3 Å². The highest BCUT2D eigenvalue weighted by Gasteiger charge is 2.26. The van der Waals surface area contributed by atoms with Gasteiger partial charge in [0.1, 0.15) is 6.61 Å². The number of fused-ring (bicyclic) bond motifs is 1. The second kappa shape index (κ2) is 6.95. The maximum absolute atomic E-state index is 11.8. The molecule has 0 aromatic heterocycles. The first-order valence-corrected chi connectivity index (χ1v) is 8.22. The van der Waals surface area contributed by atoms with Gasteiger partial charge in [-0.05, 0) is 42.2 Å². The van der Waals surface area contributed by atoms with E-state index in [1.165, 1.54) is 5.56 Å². The van der Waals surface area contributed by atoms with Gasteiger partial charge in [-0.15, -0.1) is 0 Å². The second-order valence-electron chi connectivity index (χ2n) is 6.25. The van der Waals surface area contributed by atoms with Crippen molar-refractivity contribution in [3.63, 3.8) is 0 Å². The summed E-state index contributed by atoms with van der Waals surface area (Å²) >= 11 is 0. The summed E-state index contributed by atoms with van der Waals surface area (Å²) < 4.78 is 11.5. The van der Waals surface area contributed by atoms with Crippen molar-refractivity contribution in [2.24, 2.45) is 0 Å². The summed E-state index contributed by atoms with van der Waals surface area (Å²) in [6.07, 6.45) is 0.834. The number of benzene rings is 2. The summed E-state index contributed by atoms with van der Waals surface area (Å²) in [5, 5.41) is 0. The zero-order valence-electron chi connectivity index (χ0n) is 14.4. The van der Waals surface area contributed by atoms with Crippen LogP contribution >= 0.6 is 0 Å². The Morgan fingerprint density at radius 2 is 1.88 bits per heavy atom. The number of hydrogen-bond donors (Lipinski definition) is 0. The lowest BCUT2D eigenvalue weighted by Crippen LogP contribution is -2.41.